The van der Waals surface area contributed by atoms with Crippen LogP contribution in [0.15, 0.2) is 18.5 Å². The van der Waals surface area contributed by atoms with Crippen LogP contribution in [0.1, 0.15) is 42.9 Å². The van der Waals surface area contributed by atoms with E-state index in [0.29, 0.717) is 18.0 Å². The highest BCUT2D eigenvalue weighted by Gasteiger charge is 2.41. The lowest BCUT2D eigenvalue weighted by Gasteiger charge is -2.38. The van der Waals surface area contributed by atoms with Gasteiger partial charge in [-0.2, -0.15) is 0 Å². The van der Waals surface area contributed by atoms with Crippen LogP contribution in [0.3, 0.4) is 0 Å². The summed E-state index contributed by atoms with van der Waals surface area (Å²) < 4.78 is 0. The molecule has 0 aliphatic carbocycles. The molecule has 1 aromatic heterocycles. The van der Waals surface area contributed by atoms with Gasteiger partial charge >= 0.3 is 0 Å². The molecule has 2 saturated heterocycles. The second-order valence-corrected chi connectivity index (χ2v) is 5.96. The Morgan fingerprint density at radius 2 is 2.00 bits per heavy atom. The lowest BCUT2D eigenvalue weighted by atomic mass is 9.83. The van der Waals surface area contributed by atoms with E-state index in [1.807, 2.05) is 12.3 Å². The molecular weight excluding hydrogens is 224 g/mol. The molecule has 0 saturated carbocycles. The van der Waals surface area contributed by atoms with Crippen LogP contribution >= 0.6 is 0 Å². The first-order valence-electron chi connectivity index (χ1n) is 6.97. The predicted molar refractivity (Wildman–Crippen MR) is 71.2 cm³/mol. The molecule has 18 heavy (non-hydrogen) atoms. The Hall–Kier alpha value is -0.930. The molecule has 98 valence electrons. The molecule has 1 N–H and O–H groups in total. The van der Waals surface area contributed by atoms with Crippen molar-refractivity contribution in [1.82, 2.24) is 9.88 Å². The molecule has 3 heteroatoms. The lowest BCUT2D eigenvalue weighted by Crippen LogP contribution is -2.41. The van der Waals surface area contributed by atoms with Crippen molar-refractivity contribution in [2.24, 2.45) is 5.92 Å². The number of hydrogen-bond donors (Lipinski definition) is 1. The SMILES string of the molecule is Cc1ccncc1C(O)C1CC2CCC(C1)N2C. The van der Waals surface area contributed by atoms with E-state index in [4.69, 9.17) is 0 Å². The summed E-state index contributed by atoms with van der Waals surface area (Å²) in [5.74, 6) is 0.404. The molecule has 0 radical (unpaired) electrons. The van der Waals surface area contributed by atoms with Crippen LogP contribution in [-0.2, 0) is 0 Å². The standard InChI is InChI=1S/C15H22N2O/c1-10-5-6-16-9-14(10)15(18)11-7-12-3-4-13(8-11)17(12)2/h5-6,9,11-13,15,18H,3-4,7-8H2,1-2H3. The molecule has 3 nitrogen and oxygen atoms in total. The maximum Gasteiger partial charge on any atom is 0.0836 e. The van der Waals surface area contributed by atoms with E-state index in [-0.39, 0.29) is 6.10 Å². The van der Waals surface area contributed by atoms with Crippen molar-refractivity contribution >= 4 is 0 Å². The first-order chi connectivity index (χ1) is 8.66. The number of piperidine rings is 1. The van der Waals surface area contributed by atoms with Gasteiger partial charge in [0.05, 0.1) is 6.10 Å². The fourth-order valence-electron chi connectivity index (χ4n) is 3.75. The molecule has 2 bridgehead atoms. The first-order valence-corrected chi connectivity index (χ1v) is 6.97. The highest BCUT2D eigenvalue weighted by atomic mass is 16.3. The van der Waals surface area contributed by atoms with Gasteiger partial charge in [-0.15, -0.1) is 0 Å². The topological polar surface area (TPSA) is 36.4 Å². The van der Waals surface area contributed by atoms with Gasteiger partial charge in [-0.05, 0) is 57.2 Å². The number of aliphatic hydroxyl groups excluding tert-OH is 1. The van der Waals surface area contributed by atoms with Crippen molar-refractivity contribution in [3.63, 3.8) is 0 Å². The number of hydrogen-bond acceptors (Lipinski definition) is 3. The van der Waals surface area contributed by atoms with Crippen molar-refractivity contribution in [3.05, 3.63) is 29.6 Å². The average Bonchev–Trinajstić information content (AvgIpc) is 2.61. The second-order valence-electron chi connectivity index (χ2n) is 5.96. The van der Waals surface area contributed by atoms with E-state index in [0.717, 1.165) is 24.0 Å². The van der Waals surface area contributed by atoms with Crippen LogP contribution in [0.25, 0.3) is 0 Å². The Morgan fingerprint density at radius 1 is 1.33 bits per heavy atom. The minimum absolute atomic E-state index is 0.338. The molecule has 3 atom stereocenters. The van der Waals surface area contributed by atoms with E-state index < -0.39 is 0 Å². The summed E-state index contributed by atoms with van der Waals surface area (Å²) >= 11 is 0. The highest BCUT2D eigenvalue weighted by Crippen LogP contribution is 2.42. The summed E-state index contributed by atoms with van der Waals surface area (Å²) in [7, 11) is 2.24. The van der Waals surface area contributed by atoms with Gasteiger partial charge in [-0.25, -0.2) is 0 Å². The Labute approximate surface area is 109 Å². The highest BCUT2D eigenvalue weighted by molar-refractivity contribution is 5.24. The van der Waals surface area contributed by atoms with E-state index >= 15 is 0 Å². The molecule has 0 spiro atoms. The third-order valence-corrected chi connectivity index (χ3v) is 4.98. The summed E-state index contributed by atoms with van der Waals surface area (Å²) in [4.78, 5) is 6.67. The zero-order chi connectivity index (χ0) is 12.7. The van der Waals surface area contributed by atoms with Crippen molar-refractivity contribution in [2.45, 2.75) is 50.8 Å². The summed E-state index contributed by atoms with van der Waals surface area (Å²) in [6.07, 6.45) is 8.15. The quantitative estimate of drug-likeness (QED) is 0.870. The van der Waals surface area contributed by atoms with E-state index in [1.165, 1.54) is 12.8 Å². The zero-order valence-electron chi connectivity index (χ0n) is 11.2. The first kappa shape index (κ1) is 12.1. The maximum atomic E-state index is 10.6. The Morgan fingerprint density at radius 3 is 2.61 bits per heavy atom. The zero-order valence-corrected chi connectivity index (χ0v) is 11.2. The number of aryl methyl sites for hydroxylation is 1. The Kier molecular flexibility index (Phi) is 3.12. The van der Waals surface area contributed by atoms with Crippen LogP contribution < -0.4 is 0 Å². The third-order valence-electron chi connectivity index (χ3n) is 4.98. The molecule has 2 aliphatic heterocycles. The van der Waals surface area contributed by atoms with Crippen LogP contribution in [0.2, 0.25) is 0 Å². The van der Waals surface area contributed by atoms with Gasteiger partial charge in [-0.1, -0.05) is 0 Å². The van der Waals surface area contributed by atoms with Gasteiger partial charge in [0.25, 0.3) is 0 Å². The summed E-state index contributed by atoms with van der Waals surface area (Å²) in [5.41, 5.74) is 2.18. The van der Waals surface area contributed by atoms with Crippen LogP contribution in [0.4, 0.5) is 0 Å². The van der Waals surface area contributed by atoms with Gasteiger partial charge in [0.1, 0.15) is 0 Å². The number of fused-ring (bicyclic) bond motifs is 2. The van der Waals surface area contributed by atoms with Gasteiger partial charge in [0.15, 0.2) is 0 Å². The summed E-state index contributed by atoms with van der Waals surface area (Å²) in [6.45, 7) is 2.06. The summed E-state index contributed by atoms with van der Waals surface area (Å²) in [6, 6.07) is 3.35. The van der Waals surface area contributed by atoms with Crippen molar-refractivity contribution in [1.29, 1.82) is 0 Å². The molecule has 2 fully saturated rings. The molecule has 3 rings (SSSR count). The predicted octanol–water partition coefficient (Wildman–Crippen LogP) is 2.30. The number of aliphatic hydroxyl groups is 1. The van der Waals surface area contributed by atoms with Crippen molar-refractivity contribution in [3.8, 4) is 0 Å². The molecule has 3 heterocycles. The molecular formula is C15H22N2O. The average molecular weight is 246 g/mol. The maximum absolute atomic E-state index is 10.6. The third kappa shape index (κ3) is 1.95. The molecule has 0 amide bonds. The Balaban J connectivity index is 1.78. The van der Waals surface area contributed by atoms with Crippen LogP contribution in [0, 0.1) is 12.8 Å². The number of rotatable bonds is 2. The molecule has 3 unspecified atom stereocenters. The van der Waals surface area contributed by atoms with E-state index in [9.17, 15) is 5.11 Å². The van der Waals surface area contributed by atoms with Gasteiger partial charge in [0.2, 0.25) is 0 Å². The number of pyridine rings is 1. The van der Waals surface area contributed by atoms with E-state index in [1.54, 1.807) is 6.20 Å². The van der Waals surface area contributed by atoms with Gasteiger partial charge in [0, 0.05) is 30.0 Å². The number of nitrogens with zero attached hydrogens (tertiary/aromatic N) is 2. The Bertz CT molecular complexity index is 420. The minimum atomic E-state index is -0.338. The lowest BCUT2D eigenvalue weighted by molar-refractivity contribution is 0.0351. The fraction of sp³-hybridized carbons (Fsp3) is 0.667. The van der Waals surface area contributed by atoms with Crippen molar-refractivity contribution < 1.29 is 5.11 Å². The fourth-order valence-corrected chi connectivity index (χ4v) is 3.75. The smallest absolute Gasteiger partial charge is 0.0836 e. The van der Waals surface area contributed by atoms with Gasteiger partial charge < -0.3 is 10.0 Å². The summed E-state index contributed by atoms with van der Waals surface area (Å²) in [5, 5.41) is 10.6. The van der Waals surface area contributed by atoms with E-state index in [2.05, 4.69) is 23.9 Å². The second kappa shape index (κ2) is 4.63. The van der Waals surface area contributed by atoms with Gasteiger partial charge in [-0.3, -0.25) is 4.98 Å². The normalized spacial score (nSPS) is 33.6. The van der Waals surface area contributed by atoms with Crippen molar-refractivity contribution in [2.75, 3.05) is 7.05 Å². The molecule has 0 aromatic carbocycles. The molecule has 2 aliphatic rings. The minimum Gasteiger partial charge on any atom is -0.388 e. The largest absolute Gasteiger partial charge is 0.388 e. The number of aromatic nitrogens is 1. The monoisotopic (exact) mass is 246 g/mol. The van der Waals surface area contributed by atoms with Crippen LogP contribution in [0.5, 0.6) is 0 Å². The van der Waals surface area contributed by atoms with Crippen LogP contribution in [-0.4, -0.2) is 34.1 Å². The molecule has 1 aromatic rings.